The van der Waals surface area contributed by atoms with E-state index in [9.17, 15) is 0 Å². The number of rotatable bonds is 6. The number of benzene rings is 2. The lowest BCUT2D eigenvalue weighted by atomic mass is 10.0. The first-order valence-corrected chi connectivity index (χ1v) is 6.51. The second kappa shape index (κ2) is 6.58. The summed E-state index contributed by atoms with van der Waals surface area (Å²) in [5.74, 6) is 1.50. The van der Waals surface area contributed by atoms with Crippen molar-refractivity contribution in [2.75, 3.05) is 0 Å². The van der Waals surface area contributed by atoms with E-state index < -0.39 is 0 Å². The van der Waals surface area contributed by atoms with E-state index in [1.54, 1.807) is 6.08 Å². The Kier molecular flexibility index (Phi) is 4.56. The number of hydrogen-bond acceptors (Lipinski definition) is 1. The van der Waals surface area contributed by atoms with Crippen LogP contribution in [0.1, 0.15) is 16.7 Å². The van der Waals surface area contributed by atoms with Crippen LogP contribution in [0.25, 0.3) is 12.2 Å². The highest BCUT2D eigenvalue weighted by Crippen LogP contribution is 2.19. The van der Waals surface area contributed by atoms with Crippen molar-refractivity contribution in [3.63, 3.8) is 0 Å². The van der Waals surface area contributed by atoms with Crippen LogP contribution in [0.3, 0.4) is 0 Å². The maximum Gasteiger partial charge on any atom is 0.126 e. The molecule has 0 aliphatic rings. The van der Waals surface area contributed by atoms with E-state index in [1.807, 2.05) is 48.5 Å². The molecule has 0 aliphatic heterocycles. The quantitative estimate of drug-likeness (QED) is 0.657. The summed E-state index contributed by atoms with van der Waals surface area (Å²) in [6.45, 7) is 11.5. The van der Waals surface area contributed by atoms with Crippen LogP contribution in [-0.4, -0.2) is 0 Å². The Balaban J connectivity index is 2.04. The SMILES string of the molecule is C=Cc1ccc(OC(=C)Cc2ccccc2C=C)cc1. The normalized spacial score (nSPS) is 9.80. The van der Waals surface area contributed by atoms with Gasteiger partial charge in [-0.05, 0) is 28.8 Å². The van der Waals surface area contributed by atoms with E-state index in [1.165, 1.54) is 0 Å². The van der Waals surface area contributed by atoms with E-state index in [2.05, 4.69) is 25.8 Å². The summed E-state index contributed by atoms with van der Waals surface area (Å²) in [6.07, 6.45) is 4.33. The predicted octanol–water partition coefficient (Wildman–Crippen LogP) is 5.11. The van der Waals surface area contributed by atoms with Gasteiger partial charge in [-0.1, -0.05) is 68.3 Å². The Labute approximate surface area is 120 Å². The van der Waals surface area contributed by atoms with Gasteiger partial charge in [-0.2, -0.15) is 0 Å². The van der Waals surface area contributed by atoms with Crippen LogP contribution in [0.4, 0.5) is 0 Å². The van der Waals surface area contributed by atoms with Gasteiger partial charge in [0.05, 0.1) is 0 Å². The summed E-state index contributed by atoms with van der Waals surface area (Å²) < 4.78 is 5.75. The van der Waals surface area contributed by atoms with Crippen LogP contribution in [0.2, 0.25) is 0 Å². The monoisotopic (exact) mass is 262 g/mol. The van der Waals surface area contributed by atoms with Gasteiger partial charge in [0.15, 0.2) is 0 Å². The van der Waals surface area contributed by atoms with E-state index in [0.29, 0.717) is 12.2 Å². The molecule has 0 unspecified atom stereocenters. The molecule has 0 N–H and O–H groups in total. The third kappa shape index (κ3) is 3.48. The lowest BCUT2D eigenvalue weighted by Gasteiger charge is -2.11. The highest BCUT2D eigenvalue weighted by Gasteiger charge is 2.03. The first-order valence-electron chi connectivity index (χ1n) is 6.51. The van der Waals surface area contributed by atoms with E-state index in [-0.39, 0.29) is 0 Å². The van der Waals surface area contributed by atoms with Gasteiger partial charge in [0, 0.05) is 6.42 Å². The van der Waals surface area contributed by atoms with Crippen LogP contribution in [0, 0.1) is 0 Å². The number of ether oxygens (including phenoxy) is 1. The highest BCUT2D eigenvalue weighted by atomic mass is 16.5. The van der Waals surface area contributed by atoms with Crippen molar-refractivity contribution in [1.82, 2.24) is 0 Å². The van der Waals surface area contributed by atoms with Crippen molar-refractivity contribution >= 4 is 12.2 Å². The van der Waals surface area contributed by atoms with E-state index in [0.717, 1.165) is 22.4 Å². The van der Waals surface area contributed by atoms with Gasteiger partial charge >= 0.3 is 0 Å². The maximum atomic E-state index is 5.75. The molecule has 100 valence electrons. The second-order valence-electron chi connectivity index (χ2n) is 4.49. The van der Waals surface area contributed by atoms with Crippen molar-refractivity contribution in [2.24, 2.45) is 0 Å². The molecule has 0 fully saturated rings. The fraction of sp³-hybridized carbons (Fsp3) is 0.0526. The third-order valence-corrected chi connectivity index (χ3v) is 3.04. The summed E-state index contributed by atoms with van der Waals surface area (Å²) >= 11 is 0. The maximum absolute atomic E-state index is 5.75. The molecule has 2 aromatic rings. The first-order chi connectivity index (χ1) is 9.72. The summed E-state index contributed by atoms with van der Waals surface area (Å²) in [5, 5.41) is 0. The molecule has 20 heavy (non-hydrogen) atoms. The number of allylic oxidation sites excluding steroid dienone is 1. The number of hydrogen-bond donors (Lipinski definition) is 0. The summed E-state index contributed by atoms with van der Waals surface area (Å²) in [5.41, 5.74) is 3.34. The average Bonchev–Trinajstić information content (AvgIpc) is 2.48. The van der Waals surface area contributed by atoms with Gasteiger partial charge in [-0.3, -0.25) is 0 Å². The lowest BCUT2D eigenvalue weighted by molar-refractivity contribution is 0.416. The molecule has 0 saturated heterocycles. The van der Waals surface area contributed by atoms with E-state index in [4.69, 9.17) is 4.74 Å². The zero-order chi connectivity index (χ0) is 14.4. The molecule has 1 heteroatoms. The largest absolute Gasteiger partial charge is 0.462 e. The average molecular weight is 262 g/mol. The summed E-state index contributed by atoms with van der Waals surface area (Å²) in [4.78, 5) is 0. The van der Waals surface area contributed by atoms with Crippen LogP contribution >= 0.6 is 0 Å². The minimum absolute atomic E-state index is 0.672. The van der Waals surface area contributed by atoms with Crippen LogP contribution in [-0.2, 0) is 6.42 Å². The van der Waals surface area contributed by atoms with Crippen LogP contribution < -0.4 is 4.74 Å². The minimum Gasteiger partial charge on any atom is -0.462 e. The standard InChI is InChI=1S/C19H18O/c1-4-16-10-12-19(13-11-16)20-15(3)14-18-9-7-6-8-17(18)5-2/h4-13H,1-3,14H2. The van der Waals surface area contributed by atoms with Gasteiger partial charge < -0.3 is 4.74 Å². The predicted molar refractivity (Wildman–Crippen MR) is 86.5 cm³/mol. The Morgan fingerprint density at radius 1 is 0.950 bits per heavy atom. The fourth-order valence-electron chi connectivity index (χ4n) is 1.98. The molecule has 0 heterocycles. The molecule has 2 rings (SSSR count). The Hall–Kier alpha value is -2.54. The molecule has 0 atom stereocenters. The summed E-state index contributed by atoms with van der Waals surface area (Å²) in [7, 11) is 0. The lowest BCUT2D eigenvalue weighted by Crippen LogP contribution is -1.99. The molecule has 2 aromatic carbocycles. The molecule has 0 saturated carbocycles. The van der Waals surface area contributed by atoms with Crippen molar-refractivity contribution in [2.45, 2.75) is 6.42 Å². The Morgan fingerprint density at radius 3 is 2.30 bits per heavy atom. The zero-order valence-corrected chi connectivity index (χ0v) is 11.5. The molecule has 0 aliphatic carbocycles. The van der Waals surface area contributed by atoms with Gasteiger partial charge in [0.25, 0.3) is 0 Å². The molecular weight excluding hydrogens is 244 g/mol. The minimum atomic E-state index is 0.672. The van der Waals surface area contributed by atoms with Gasteiger partial charge in [0.1, 0.15) is 11.5 Å². The molecule has 0 bridgehead atoms. The third-order valence-electron chi connectivity index (χ3n) is 3.04. The molecule has 0 amide bonds. The smallest absolute Gasteiger partial charge is 0.126 e. The molecule has 0 radical (unpaired) electrons. The van der Waals surface area contributed by atoms with Crippen molar-refractivity contribution < 1.29 is 4.74 Å². The molecule has 0 spiro atoms. The van der Waals surface area contributed by atoms with Crippen molar-refractivity contribution in [3.05, 3.63) is 90.7 Å². The Morgan fingerprint density at radius 2 is 1.65 bits per heavy atom. The Bertz CT molecular complexity index is 620. The van der Waals surface area contributed by atoms with Gasteiger partial charge in [-0.25, -0.2) is 0 Å². The zero-order valence-electron chi connectivity index (χ0n) is 11.5. The second-order valence-corrected chi connectivity index (χ2v) is 4.49. The highest BCUT2D eigenvalue weighted by molar-refractivity contribution is 5.52. The molecular formula is C19H18O. The van der Waals surface area contributed by atoms with Crippen molar-refractivity contribution in [1.29, 1.82) is 0 Å². The molecule has 1 nitrogen and oxygen atoms in total. The van der Waals surface area contributed by atoms with Gasteiger partial charge in [-0.15, -0.1) is 0 Å². The van der Waals surface area contributed by atoms with E-state index >= 15 is 0 Å². The van der Waals surface area contributed by atoms with Gasteiger partial charge in [0.2, 0.25) is 0 Å². The fourth-order valence-corrected chi connectivity index (χ4v) is 1.98. The van der Waals surface area contributed by atoms with Crippen molar-refractivity contribution in [3.8, 4) is 5.75 Å². The summed E-state index contributed by atoms with van der Waals surface area (Å²) in [6, 6.07) is 15.9. The molecule has 0 aromatic heterocycles. The first kappa shape index (κ1) is 13.9. The van der Waals surface area contributed by atoms with Crippen LogP contribution in [0.5, 0.6) is 5.75 Å². The topological polar surface area (TPSA) is 9.23 Å². The van der Waals surface area contributed by atoms with Crippen LogP contribution in [0.15, 0.2) is 74.0 Å².